The van der Waals surface area contributed by atoms with Gasteiger partial charge in [0.25, 0.3) is 0 Å². The van der Waals surface area contributed by atoms with E-state index in [-0.39, 0.29) is 0 Å². The summed E-state index contributed by atoms with van der Waals surface area (Å²) in [6.07, 6.45) is 0. The molecule has 2 aromatic rings. The number of hydrogen-bond donors (Lipinski definition) is 0. The molecule has 2 rings (SSSR count). The van der Waals surface area contributed by atoms with E-state index in [0.717, 1.165) is 11.1 Å². The highest BCUT2D eigenvalue weighted by molar-refractivity contribution is 5.26. The van der Waals surface area contributed by atoms with Crippen LogP contribution in [0.3, 0.4) is 0 Å². The second-order valence-electron chi connectivity index (χ2n) is 3.93. The Hall–Kier alpha value is -2.04. The Bertz CT molecular complexity index is 429. The SMILES string of the molecule is Cc1ccc(OOOOc2ccc(C)cc2)cc1. The van der Waals surface area contributed by atoms with Crippen LogP contribution in [0.1, 0.15) is 11.1 Å². The van der Waals surface area contributed by atoms with Gasteiger partial charge >= 0.3 is 0 Å². The Labute approximate surface area is 105 Å². The van der Waals surface area contributed by atoms with Gasteiger partial charge in [-0.1, -0.05) is 35.4 Å². The highest BCUT2D eigenvalue weighted by atomic mass is 17.7. The molecule has 0 unspecified atom stereocenters. The van der Waals surface area contributed by atoms with Crippen molar-refractivity contribution in [1.29, 1.82) is 0 Å². The molecule has 0 atom stereocenters. The minimum absolute atomic E-state index is 0.535. The zero-order valence-corrected chi connectivity index (χ0v) is 10.3. The molecule has 4 nitrogen and oxygen atoms in total. The molecule has 2 aromatic carbocycles. The predicted octanol–water partition coefficient (Wildman–Crippen LogP) is 3.54. The van der Waals surface area contributed by atoms with Crippen molar-refractivity contribution in [3.63, 3.8) is 0 Å². The zero-order chi connectivity index (χ0) is 12.8. The van der Waals surface area contributed by atoms with Crippen molar-refractivity contribution in [3.8, 4) is 11.5 Å². The van der Waals surface area contributed by atoms with Crippen LogP contribution in [-0.2, 0) is 10.1 Å². The summed E-state index contributed by atoms with van der Waals surface area (Å²) in [6.45, 7) is 3.98. The van der Waals surface area contributed by atoms with Gasteiger partial charge in [0.1, 0.15) is 0 Å². The molecule has 0 saturated carbocycles. The summed E-state index contributed by atoms with van der Waals surface area (Å²) in [5.41, 5.74) is 2.28. The van der Waals surface area contributed by atoms with Gasteiger partial charge in [-0.15, -0.1) is 0 Å². The van der Waals surface area contributed by atoms with E-state index < -0.39 is 0 Å². The normalized spacial score (nSPS) is 10.1. The maximum Gasteiger partial charge on any atom is 0.168 e. The monoisotopic (exact) mass is 246 g/mol. The van der Waals surface area contributed by atoms with Crippen LogP contribution in [0.25, 0.3) is 0 Å². The van der Waals surface area contributed by atoms with E-state index in [9.17, 15) is 0 Å². The average Bonchev–Trinajstić information content (AvgIpc) is 2.39. The summed E-state index contributed by atoms with van der Waals surface area (Å²) in [7, 11) is 0. The molecule has 94 valence electrons. The first-order chi connectivity index (χ1) is 8.74. The molecule has 0 amide bonds. The number of aryl methyl sites for hydroxylation is 2. The highest BCUT2D eigenvalue weighted by Crippen LogP contribution is 2.14. The minimum Gasteiger partial charge on any atom is -0.305 e. The van der Waals surface area contributed by atoms with Crippen LogP contribution in [0.4, 0.5) is 0 Å². The first-order valence-corrected chi connectivity index (χ1v) is 5.55. The molecule has 0 saturated heterocycles. The van der Waals surface area contributed by atoms with Crippen molar-refractivity contribution in [2.24, 2.45) is 0 Å². The van der Waals surface area contributed by atoms with Crippen molar-refractivity contribution in [2.75, 3.05) is 0 Å². The van der Waals surface area contributed by atoms with Crippen molar-refractivity contribution >= 4 is 0 Å². The zero-order valence-electron chi connectivity index (χ0n) is 10.3. The Morgan fingerprint density at radius 3 is 1.22 bits per heavy atom. The molecule has 18 heavy (non-hydrogen) atoms. The van der Waals surface area contributed by atoms with Gasteiger partial charge in [-0.25, -0.2) is 0 Å². The molecule has 0 N–H and O–H groups in total. The van der Waals surface area contributed by atoms with Gasteiger partial charge in [-0.05, 0) is 38.1 Å². The molecule has 0 fully saturated rings. The Morgan fingerprint density at radius 1 is 0.556 bits per heavy atom. The fourth-order valence-corrected chi connectivity index (χ4v) is 1.29. The minimum atomic E-state index is 0.535. The Morgan fingerprint density at radius 2 is 0.889 bits per heavy atom. The van der Waals surface area contributed by atoms with Crippen LogP contribution in [0.15, 0.2) is 48.5 Å². The van der Waals surface area contributed by atoms with Gasteiger partial charge in [0, 0.05) is 10.1 Å². The van der Waals surface area contributed by atoms with Gasteiger partial charge in [0.05, 0.1) is 0 Å². The molecule has 0 aliphatic carbocycles. The third-order valence-electron chi connectivity index (χ3n) is 2.33. The van der Waals surface area contributed by atoms with Crippen molar-refractivity contribution in [3.05, 3.63) is 59.7 Å². The molecule has 0 aromatic heterocycles. The van der Waals surface area contributed by atoms with Crippen molar-refractivity contribution in [1.82, 2.24) is 0 Å². The van der Waals surface area contributed by atoms with Crippen LogP contribution < -0.4 is 9.78 Å². The van der Waals surface area contributed by atoms with Gasteiger partial charge in [0.2, 0.25) is 0 Å². The first kappa shape index (κ1) is 12.4. The number of hydrogen-bond acceptors (Lipinski definition) is 4. The van der Waals surface area contributed by atoms with E-state index >= 15 is 0 Å². The van der Waals surface area contributed by atoms with Crippen molar-refractivity contribution < 1.29 is 19.9 Å². The highest BCUT2D eigenvalue weighted by Gasteiger charge is 1.97. The molecule has 0 bridgehead atoms. The molecule has 0 aliphatic rings. The lowest BCUT2D eigenvalue weighted by Gasteiger charge is -2.04. The summed E-state index contributed by atoms with van der Waals surface area (Å²) < 4.78 is 0. The standard InChI is InChI=1S/C14H14O4/c1-11-3-7-13(8-4-11)15-17-18-16-14-9-5-12(2)6-10-14/h3-10H,1-2H3. The van der Waals surface area contributed by atoms with E-state index in [0.29, 0.717) is 11.5 Å². The fourth-order valence-electron chi connectivity index (χ4n) is 1.29. The van der Waals surface area contributed by atoms with Crippen LogP contribution in [-0.4, -0.2) is 0 Å². The van der Waals surface area contributed by atoms with E-state index in [2.05, 4.69) is 10.1 Å². The lowest BCUT2D eigenvalue weighted by molar-refractivity contribution is -0.575. The van der Waals surface area contributed by atoms with Gasteiger partial charge < -0.3 is 9.78 Å². The quantitative estimate of drug-likeness (QED) is 0.459. The van der Waals surface area contributed by atoms with Crippen LogP contribution >= 0.6 is 0 Å². The molecule has 0 radical (unpaired) electrons. The van der Waals surface area contributed by atoms with Crippen molar-refractivity contribution in [2.45, 2.75) is 13.8 Å². The van der Waals surface area contributed by atoms with Crippen LogP contribution in [0.2, 0.25) is 0 Å². The largest absolute Gasteiger partial charge is 0.305 e. The lowest BCUT2D eigenvalue weighted by Crippen LogP contribution is -2.02. The van der Waals surface area contributed by atoms with E-state index in [4.69, 9.17) is 9.78 Å². The summed E-state index contributed by atoms with van der Waals surface area (Å²) >= 11 is 0. The van der Waals surface area contributed by atoms with Gasteiger partial charge in [0.15, 0.2) is 11.5 Å². The molecular weight excluding hydrogens is 232 g/mol. The van der Waals surface area contributed by atoms with E-state index in [1.165, 1.54) is 0 Å². The maximum absolute atomic E-state index is 4.86. The molecule has 0 heterocycles. The molecule has 0 aliphatic heterocycles. The van der Waals surface area contributed by atoms with E-state index in [1.54, 1.807) is 24.3 Å². The molecule has 0 spiro atoms. The second-order valence-corrected chi connectivity index (χ2v) is 3.93. The summed E-state index contributed by atoms with van der Waals surface area (Å²) in [4.78, 5) is 9.72. The smallest absolute Gasteiger partial charge is 0.168 e. The van der Waals surface area contributed by atoms with Gasteiger partial charge in [-0.2, -0.15) is 0 Å². The second kappa shape index (κ2) is 6.05. The third-order valence-corrected chi connectivity index (χ3v) is 2.33. The number of benzene rings is 2. The fraction of sp³-hybridized carbons (Fsp3) is 0.143. The average molecular weight is 246 g/mol. The maximum atomic E-state index is 4.86. The van der Waals surface area contributed by atoms with E-state index in [1.807, 2.05) is 38.1 Å². The summed E-state index contributed by atoms with van der Waals surface area (Å²) in [5.74, 6) is 1.07. The lowest BCUT2D eigenvalue weighted by atomic mass is 10.2. The topological polar surface area (TPSA) is 36.9 Å². The first-order valence-electron chi connectivity index (χ1n) is 5.55. The Balaban J connectivity index is 1.73. The van der Waals surface area contributed by atoms with Crippen LogP contribution in [0.5, 0.6) is 11.5 Å². The number of rotatable bonds is 5. The van der Waals surface area contributed by atoms with Gasteiger partial charge in [-0.3, -0.25) is 0 Å². The Kier molecular flexibility index (Phi) is 4.17. The predicted molar refractivity (Wildman–Crippen MR) is 65.8 cm³/mol. The van der Waals surface area contributed by atoms with Crippen LogP contribution in [0, 0.1) is 13.8 Å². The molecular formula is C14H14O4. The third kappa shape index (κ3) is 3.76. The summed E-state index contributed by atoms with van der Waals surface area (Å²) in [5, 5.41) is 8.94. The summed E-state index contributed by atoms with van der Waals surface area (Å²) in [6, 6.07) is 14.7. The molecule has 4 heteroatoms.